The van der Waals surface area contributed by atoms with E-state index >= 15 is 0 Å². The van der Waals surface area contributed by atoms with Crippen molar-refractivity contribution in [3.8, 4) is 0 Å². The lowest BCUT2D eigenvalue weighted by molar-refractivity contribution is -0.0121. The van der Waals surface area contributed by atoms with Crippen molar-refractivity contribution in [3.63, 3.8) is 0 Å². The van der Waals surface area contributed by atoms with Crippen molar-refractivity contribution < 1.29 is 4.74 Å². The zero-order valence-corrected chi connectivity index (χ0v) is 12.2. The molecule has 0 radical (unpaired) electrons. The second-order valence-corrected chi connectivity index (χ2v) is 5.53. The summed E-state index contributed by atoms with van der Waals surface area (Å²) in [5.74, 6) is 0. The first-order chi connectivity index (χ1) is 10.4. The van der Waals surface area contributed by atoms with Crippen LogP contribution in [0.1, 0.15) is 24.0 Å². The molecule has 1 saturated heterocycles. The number of hydrogen-bond donors (Lipinski definition) is 0. The molecule has 1 aliphatic rings. The minimum absolute atomic E-state index is 0.320. The summed E-state index contributed by atoms with van der Waals surface area (Å²) in [4.78, 5) is 10.7. The molecule has 21 heavy (non-hydrogen) atoms. The van der Waals surface area contributed by atoms with E-state index in [0.29, 0.717) is 12.7 Å². The first-order valence-corrected chi connectivity index (χ1v) is 7.52. The maximum Gasteiger partial charge on any atom is 0.0736 e. The molecule has 0 aromatic carbocycles. The van der Waals surface area contributed by atoms with Gasteiger partial charge in [-0.05, 0) is 48.7 Å². The van der Waals surface area contributed by atoms with Crippen LogP contribution in [0.3, 0.4) is 0 Å². The molecule has 2 aromatic rings. The first-order valence-electron chi connectivity index (χ1n) is 7.52. The SMILES string of the molecule is c1cncc(CO[C@@H]2CCCN(Cc3ccncc3)C2)c1. The molecule has 110 valence electrons. The molecule has 1 aliphatic heterocycles. The minimum atomic E-state index is 0.320. The third kappa shape index (κ3) is 4.34. The molecule has 1 atom stereocenters. The van der Waals surface area contributed by atoms with Crippen LogP contribution in [-0.2, 0) is 17.9 Å². The van der Waals surface area contributed by atoms with Gasteiger partial charge < -0.3 is 4.74 Å². The van der Waals surface area contributed by atoms with E-state index in [2.05, 4.69) is 33.1 Å². The highest BCUT2D eigenvalue weighted by atomic mass is 16.5. The van der Waals surface area contributed by atoms with Gasteiger partial charge in [-0.1, -0.05) is 6.07 Å². The molecular weight excluding hydrogens is 262 g/mol. The fourth-order valence-corrected chi connectivity index (χ4v) is 2.74. The normalized spacial score (nSPS) is 19.5. The summed E-state index contributed by atoms with van der Waals surface area (Å²) in [7, 11) is 0. The predicted molar refractivity (Wildman–Crippen MR) is 81.6 cm³/mol. The van der Waals surface area contributed by atoms with E-state index in [4.69, 9.17) is 4.74 Å². The third-order valence-corrected chi connectivity index (χ3v) is 3.83. The van der Waals surface area contributed by atoms with E-state index in [1.54, 1.807) is 6.20 Å². The third-order valence-electron chi connectivity index (χ3n) is 3.83. The Morgan fingerprint density at radius 2 is 2.00 bits per heavy atom. The van der Waals surface area contributed by atoms with Crippen LogP contribution in [0.15, 0.2) is 49.1 Å². The van der Waals surface area contributed by atoms with Gasteiger partial charge in [-0.3, -0.25) is 14.9 Å². The number of piperidine rings is 1. The monoisotopic (exact) mass is 283 g/mol. The van der Waals surface area contributed by atoms with Gasteiger partial charge in [0.2, 0.25) is 0 Å². The molecule has 0 aliphatic carbocycles. The molecule has 0 spiro atoms. The minimum Gasteiger partial charge on any atom is -0.372 e. The molecule has 0 saturated carbocycles. The van der Waals surface area contributed by atoms with Gasteiger partial charge in [0.1, 0.15) is 0 Å². The van der Waals surface area contributed by atoms with Gasteiger partial charge in [0.15, 0.2) is 0 Å². The summed E-state index contributed by atoms with van der Waals surface area (Å²) in [6.45, 7) is 3.79. The maximum absolute atomic E-state index is 6.04. The van der Waals surface area contributed by atoms with Crippen molar-refractivity contribution >= 4 is 0 Å². The molecule has 0 amide bonds. The molecule has 4 heteroatoms. The Morgan fingerprint density at radius 1 is 1.10 bits per heavy atom. The van der Waals surface area contributed by atoms with Crippen LogP contribution >= 0.6 is 0 Å². The molecule has 3 heterocycles. The Kier molecular flexibility index (Phi) is 4.92. The highest BCUT2D eigenvalue weighted by Crippen LogP contribution is 2.17. The standard InChI is InChI=1S/C17H21N3O/c1-3-16(11-19-7-1)14-21-17-4-2-10-20(13-17)12-15-5-8-18-9-6-15/h1,3,5-9,11,17H,2,4,10,12-14H2/t17-/m1/s1. The molecule has 0 bridgehead atoms. The topological polar surface area (TPSA) is 38.2 Å². The highest BCUT2D eigenvalue weighted by Gasteiger charge is 2.20. The summed E-state index contributed by atoms with van der Waals surface area (Å²) < 4.78 is 6.04. The smallest absolute Gasteiger partial charge is 0.0736 e. The van der Waals surface area contributed by atoms with Gasteiger partial charge in [-0.15, -0.1) is 0 Å². The number of nitrogens with zero attached hydrogens (tertiary/aromatic N) is 3. The second-order valence-electron chi connectivity index (χ2n) is 5.53. The van der Waals surface area contributed by atoms with Crippen molar-refractivity contribution in [3.05, 3.63) is 60.2 Å². The Bertz CT molecular complexity index is 532. The number of aromatic nitrogens is 2. The molecule has 3 rings (SSSR count). The maximum atomic E-state index is 6.04. The Hall–Kier alpha value is -1.78. The number of ether oxygens (including phenoxy) is 1. The lowest BCUT2D eigenvalue weighted by Gasteiger charge is -2.32. The van der Waals surface area contributed by atoms with Gasteiger partial charge in [0.05, 0.1) is 12.7 Å². The average molecular weight is 283 g/mol. The van der Waals surface area contributed by atoms with E-state index in [-0.39, 0.29) is 0 Å². The van der Waals surface area contributed by atoms with E-state index in [1.807, 2.05) is 24.7 Å². The number of rotatable bonds is 5. The van der Waals surface area contributed by atoms with Crippen LogP contribution in [0.4, 0.5) is 0 Å². The largest absolute Gasteiger partial charge is 0.372 e. The summed E-state index contributed by atoms with van der Waals surface area (Å²) in [6, 6.07) is 8.18. The number of likely N-dealkylation sites (tertiary alicyclic amines) is 1. The van der Waals surface area contributed by atoms with Crippen molar-refractivity contribution in [2.75, 3.05) is 13.1 Å². The Labute approximate surface area is 125 Å². The summed E-state index contributed by atoms with van der Waals surface area (Å²) in [5.41, 5.74) is 2.46. The lowest BCUT2D eigenvalue weighted by Crippen LogP contribution is -2.39. The van der Waals surface area contributed by atoms with Gasteiger partial charge in [0.25, 0.3) is 0 Å². The number of pyridine rings is 2. The fourth-order valence-electron chi connectivity index (χ4n) is 2.74. The quantitative estimate of drug-likeness (QED) is 0.845. The average Bonchev–Trinajstić information content (AvgIpc) is 2.55. The highest BCUT2D eigenvalue weighted by molar-refractivity contribution is 5.09. The zero-order valence-electron chi connectivity index (χ0n) is 12.2. The van der Waals surface area contributed by atoms with Crippen molar-refractivity contribution in [2.24, 2.45) is 0 Å². The van der Waals surface area contributed by atoms with Gasteiger partial charge in [0, 0.05) is 37.9 Å². The molecule has 1 fully saturated rings. The lowest BCUT2D eigenvalue weighted by atomic mass is 10.1. The summed E-state index contributed by atoms with van der Waals surface area (Å²) in [6.07, 6.45) is 10.0. The molecule has 2 aromatic heterocycles. The first kappa shape index (κ1) is 14.2. The van der Waals surface area contributed by atoms with Crippen LogP contribution in [0, 0.1) is 0 Å². The van der Waals surface area contributed by atoms with Crippen molar-refractivity contribution in [1.29, 1.82) is 0 Å². The second kappa shape index (κ2) is 7.29. The van der Waals surface area contributed by atoms with Gasteiger partial charge in [-0.25, -0.2) is 0 Å². The van der Waals surface area contributed by atoms with E-state index in [0.717, 1.165) is 31.6 Å². The summed E-state index contributed by atoms with van der Waals surface area (Å²) in [5, 5.41) is 0. The van der Waals surface area contributed by atoms with Gasteiger partial charge >= 0.3 is 0 Å². The van der Waals surface area contributed by atoms with Crippen LogP contribution in [-0.4, -0.2) is 34.1 Å². The molecular formula is C17H21N3O. The van der Waals surface area contributed by atoms with E-state index in [9.17, 15) is 0 Å². The van der Waals surface area contributed by atoms with Crippen LogP contribution in [0.5, 0.6) is 0 Å². The fraction of sp³-hybridized carbons (Fsp3) is 0.412. The van der Waals surface area contributed by atoms with Crippen LogP contribution < -0.4 is 0 Å². The van der Waals surface area contributed by atoms with Crippen LogP contribution in [0.25, 0.3) is 0 Å². The molecule has 4 nitrogen and oxygen atoms in total. The Balaban J connectivity index is 1.49. The van der Waals surface area contributed by atoms with Crippen LogP contribution in [0.2, 0.25) is 0 Å². The predicted octanol–water partition coefficient (Wildman–Crippen LogP) is 2.66. The molecule has 0 N–H and O–H groups in total. The zero-order chi connectivity index (χ0) is 14.3. The van der Waals surface area contributed by atoms with Crippen molar-refractivity contribution in [1.82, 2.24) is 14.9 Å². The van der Waals surface area contributed by atoms with Crippen molar-refractivity contribution in [2.45, 2.75) is 32.1 Å². The van der Waals surface area contributed by atoms with E-state index < -0.39 is 0 Å². The van der Waals surface area contributed by atoms with E-state index in [1.165, 1.54) is 12.0 Å². The Morgan fingerprint density at radius 3 is 2.81 bits per heavy atom. The molecule has 0 unspecified atom stereocenters. The van der Waals surface area contributed by atoms with Gasteiger partial charge in [-0.2, -0.15) is 0 Å². The number of hydrogen-bond acceptors (Lipinski definition) is 4. The summed E-state index contributed by atoms with van der Waals surface area (Å²) >= 11 is 0.